The third kappa shape index (κ3) is 2.89. The van der Waals surface area contributed by atoms with Gasteiger partial charge in [-0.2, -0.15) is 11.8 Å². The van der Waals surface area contributed by atoms with E-state index in [0.29, 0.717) is 0 Å². The number of thioether (sulfide) groups is 1. The molecule has 0 saturated carbocycles. The Morgan fingerprint density at radius 2 is 1.93 bits per heavy atom. The van der Waals surface area contributed by atoms with E-state index in [1.54, 1.807) is 0 Å². The molecule has 1 unspecified atom stereocenters. The molecule has 0 fully saturated rings. The molecule has 0 bridgehead atoms. The lowest BCUT2D eigenvalue weighted by molar-refractivity contribution is 0.197. The van der Waals surface area contributed by atoms with Crippen LogP contribution in [0.25, 0.3) is 0 Å². The summed E-state index contributed by atoms with van der Waals surface area (Å²) in [5.74, 6) is -3.06. The maximum absolute atomic E-state index is 13.2. The summed E-state index contributed by atoms with van der Waals surface area (Å²) in [5, 5.41) is 9.50. The number of benzene rings is 1. The van der Waals surface area contributed by atoms with Crippen LogP contribution in [-0.2, 0) is 0 Å². The van der Waals surface area contributed by atoms with Gasteiger partial charge in [0.05, 0.1) is 6.10 Å². The average Bonchev–Trinajstić information content (AvgIpc) is 2.23. The molecule has 0 amide bonds. The number of halogens is 3. The summed E-state index contributed by atoms with van der Waals surface area (Å²) >= 11 is 1.40. The van der Waals surface area contributed by atoms with E-state index in [9.17, 15) is 18.3 Å². The Balaban J connectivity index is 2.90. The van der Waals surface area contributed by atoms with Crippen molar-refractivity contribution in [2.75, 3.05) is 11.5 Å². The van der Waals surface area contributed by atoms with E-state index >= 15 is 0 Å². The molecule has 1 rings (SSSR count). The summed E-state index contributed by atoms with van der Waals surface area (Å²) in [6.45, 7) is 1.89. The van der Waals surface area contributed by atoms with Crippen molar-refractivity contribution in [1.82, 2.24) is 0 Å². The Kier molecular flexibility index (Phi) is 4.47. The molecule has 1 N–H and O–H groups in total. The highest BCUT2D eigenvalue weighted by atomic mass is 32.2. The van der Waals surface area contributed by atoms with Crippen LogP contribution < -0.4 is 0 Å². The highest BCUT2D eigenvalue weighted by Crippen LogP contribution is 2.23. The number of hydrogen-bond acceptors (Lipinski definition) is 2. The van der Waals surface area contributed by atoms with Crippen LogP contribution in [0.4, 0.5) is 13.2 Å². The second-order valence-electron chi connectivity index (χ2n) is 2.94. The average molecular weight is 236 g/mol. The topological polar surface area (TPSA) is 20.2 Å². The molecule has 1 atom stereocenters. The third-order valence-electron chi connectivity index (χ3n) is 1.90. The number of aliphatic hydroxyl groups excluding tert-OH is 1. The lowest BCUT2D eigenvalue weighted by atomic mass is 10.1. The van der Waals surface area contributed by atoms with Gasteiger partial charge in [0.2, 0.25) is 0 Å². The zero-order valence-corrected chi connectivity index (χ0v) is 8.95. The van der Waals surface area contributed by atoms with Crippen LogP contribution in [0.2, 0.25) is 0 Å². The van der Waals surface area contributed by atoms with Crippen molar-refractivity contribution in [3.05, 3.63) is 35.1 Å². The summed E-state index contributed by atoms with van der Waals surface area (Å²) in [4.78, 5) is 0. The van der Waals surface area contributed by atoms with Crippen molar-refractivity contribution >= 4 is 11.8 Å². The predicted octanol–water partition coefficient (Wildman–Crippen LogP) is 2.89. The van der Waals surface area contributed by atoms with E-state index in [4.69, 9.17) is 0 Å². The van der Waals surface area contributed by atoms with Gasteiger partial charge in [0, 0.05) is 11.3 Å². The number of aliphatic hydroxyl groups is 1. The minimum atomic E-state index is -1.53. The van der Waals surface area contributed by atoms with Crippen LogP contribution in [0, 0.1) is 17.5 Å². The fourth-order valence-electron chi connectivity index (χ4n) is 1.12. The summed E-state index contributed by atoms with van der Waals surface area (Å²) in [7, 11) is 0. The van der Waals surface area contributed by atoms with E-state index in [2.05, 4.69) is 0 Å². The molecule has 0 aliphatic heterocycles. The smallest absolute Gasteiger partial charge is 0.194 e. The lowest BCUT2D eigenvalue weighted by Crippen LogP contribution is -2.06. The Hall–Kier alpha value is -0.680. The van der Waals surface area contributed by atoms with E-state index < -0.39 is 23.6 Å². The van der Waals surface area contributed by atoms with Crippen LogP contribution in [0.3, 0.4) is 0 Å². The molecule has 1 aromatic rings. The Morgan fingerprint density at radius 1 is 1.27 bits per heavy atom. The van der Waals surface area contributed by atoms with Crippen molar-refractivity contribution in [2.24, 2.45) is 0 Å². The van der Waals surface area contributed by atoms with Gasteiger partial charge >= 0.3 is 0 Å². The lowest BCUT2D eigenvalue weighted by Gasteiger charge is -2.11. The standard InChI is InChI=1S/C10H11F3OS/c1-2-15-5-8(14)6-3-4-7(11)10(13)9(6)12/h3-4,8,14H,2,5H2,1H3. The van der Waals surface area contributed by atoms with Crippen LogP contribution in [-0.4, -0.2) is 16.6 Å². The quantitative estimate of drug-likeness (QED) is 0.811. The van der Waals surface area contributed by atoms with Crippen molar-refractivity contribution in [3.63, 3.8) is 0 Å². The van der Waals surface area contributed by atoms with Gasteiger partial charge in [0.25, 0.3) is 0 Å². The van der Waals surface area contributed by atoms with Crippen molar-refractivity contribution < 1.29 is 18.3 Å². The normalized spacial score (nSPS) is 12.9. The number of hydrogen-bond donors (Lipinski definition) is 1. The van der Waals surface area contributed by atoms with E-state index in [-0.39, 0.29) is 11.3 Å². The van der Waals surface area contributed by atoms with Crippen molar-refractivity contribution in [3.8, 4) is 0 Å². The minimum Gasteiger partial charge on any atom is -0.387 e. The highest BCUT2D eigenvalue weighted by molar-refractivity contribution is 7.99. The van der Waals surface area contributed by atoms with E-state index in [0.717, 1.165) is 17.9 Å². The first-order chi connectivity index (χ1) is 7.07. The summed E-state index contributed by atoms with van der Waals surface area (Å²) in [5.41, 5.74) is -0.199. The van der Waals surface area contributed by atoms with Gasteiger partial charge in [-0.1, -0.05) is 13.0 Å². The monoisotopic (exact) mass is 236 g/mol. The second kappa shape index (κ2) is 5.42. The third-order valence-corrected chi connectivity index (χ3v) is 2.86. The maximum Gasteiger partial charge on any atom is 0.194 e. The predicted molar refractivity (Wildman–Crippen MR) is 54.3 cm³/mol. The fraction of sp³-hybridized carbons (Fsp3) is 0.400. The van der Waals surface area contributed by atoms with Gasteiger partial charge < -0.3 is 5.11 Å². The van der Waals surface area contributed by atoms with E-state index in [1.807, 2.05) is 6.92 Å². The zero-order valence-electron chi connectivity index (χ0n) is 8.14. The zero-order chi connectivity index (χ0) is 11.4. The van der Waals surface area contributed by atoms with Gasteiger partial charge in [-0.15, -0.1) is 0 Å². The van der Waals surface area contributed by atoms with Crippen molar-refractivity contribution in [1.29, 1.82) is 0 Å². The molecule has 0 heterocycles. The van der Waals surface area contributed by atoms with Crippen LogP contribution in [0.1, 0.15) is 18.6 Å². The molecule has 5 heteroatoms. The fourth-order valence-corrected chi connectivity index (χ4v) is 1.76. The Bertz CT molecular complexity index is 344. The van der Waals surface area contributed by atoms with Gasteiger partial charge in [-0.05, 0) is 11.8 Å². The first kappa shape index (κ1) is 12.4. The first-order valence-corrected chi connectivity index (χ1v) is 5.62. The largest absolute Gasteiger partial charge is 0.387 e. The molecule has 0 spiro atoms. The van der Waals surface area contributed by atoms with Crippen LogP contribution in [0.15, 0.2) is 12.1 Å². The molecular weight excluding hydrogens is 225 g/mol. The highest BCUT2D eigenvalue weighted by Gasteiger charge is 2.18. The Morgan fingerprint density at radius 3 is 2.53 bits per heavy atom. The minimum absolute atomic E-state index is 0.199. The summed E-state index contributed by atoms with van der Waals surface area (Å²) in [6, 6.07) is 1.88. The molecule has 15 heavy (non-hydrogen) atoms. The van der Waals surface area contributed by atoms with Crippen molar-refractivity contribution in [2.45, 2.75) is 13.0 Å². The molecule has 0 radical (unpaired) electrons. The summed E-state index contributed by atoms with van der Waals surface area (Å²) < 4.78 is 38.5. The second-order valence-corrected chi connectivity index (χ2v) is 4.26. The van der Waals surface area contributed by atoms with Gasteiger partial charge in [0.15, 0.2) is 17.5 Å². The molecule has 0 aromatic heterocycles. The Labute approximate surface area is 90.3 Å². The SMILES string of the molecule is CCSCC(O)c1ccc(F)c(F)c1F. The molecule has 84 valence electrons. The van der Waals surface area contributed by atoms with Gasteiger partial charge in [-0.25, -0.2) is 13.2 Å². The molecule has 0 aliphatic carbocycles. The van der Waals surface area contributed by atoms with Crippen LogP contribution >= 0.6 is 11.8 Å². The first-order valence-electron chi connectivity index (χ1n) is 4.47. The van der Waals surface area contributed by atoms with E-state index in [1.165, 1.54) is 11.8 Å². The van der Waals surface area contributed by atoms with Gasteiger partial charge in [0.1, 0.15) is 0 Å². The maximum atomic E-state index is 13.2. The molecule has 1 aromatic carbocycles. The summed E-state index contributed by atoms with van der Waals surface area (Å²) in [6.07, 6.45) is -1.11. The van der Waals surface area contributed by atoms with Crippen LogP contribution in [0.5, 0.6) is 0 Å². The number of rotatable bonds is 4. The molecule has 0 aliphatic rings. The molecule has 1 nitrogen and oxygen atoms in total. The van der Waals surface area contributed by atoms with Gasteiger partial charge in [-0.3, -0.25) is 0 Å². The molecular formula is C10H11F3OS. The molecule has 0 saturated heterocycles.